The Labute approximate surface area is 181 Å². The number of anilines is 1. The Hall–Kier alpha value is -2.45. The fourth-order valence-electron chi connectivity index (χ4n) is 3.40. The van der Waals surface area contributed by atoms with E-state index in [0.717, 1.165) is 10.3 Å². The van der Waals surface area contributed by atoms with Gasteiger partial charge in [-0.25, -0.2) is 9.97 Å². The van der Waals surface area contributed by atoms with Gasteiger partial charge in [-0.15, -0.1) is 0 Å². The lowest BCUT2D eigenvalue weighted by molar-refractivity contribution is -0.131. The summed E-state index contributed by atoms with van der Waals surface area (Å²) in [4.78, 5) is 37.9. The zero-order valence-corrected chi connectivity index (χ0v) is 17.9. The zero-order valence-electron chi connectivity index (χ0n) is 15.6. The molecule has 1 fully saturated rings. The summed E-state index contributed by atoms with van der Waals surface area (Å²) in [6, 6.07) is 9.10. The molecule has 0 N–H and O–H groups in total. The number of carbonyl (C=O) groups excluding carboxylic acids is 1. The number of aryl methyl sites for hydroxylation is 1. The lowest BCUT2D eigenvalue weighted by Crippen LogP contribution is -2.49. The number of rotatable bonds is 4. The van der Waals surface area contributed by atoms with Crippen LogP contribution in [0.5, 0.6) is 0 Å². The van der Waals surface area contributed by atoms with Crippen LogP contribution in [0.25, 0.3) is 10.9 Å². The standard InChI is InChI=1S/C20H19BrClN5O2/c21-14-1-3-17-16(11-14)20(29)27(13-24-17)6-5-19(28)26-9-7-25(8-10-26)18-4-2-15(22)12-23-18/h1-4,11-13H,5-10H2. The normalized spacial score (nSPS) is 14.4. The van der Waals surface area contributed by atoms with Gasteiger partial charge in [0.2, 0.25) is 5.91 Å². The molecule has 0 aliphatic carbocycles. The van der Waals surface area contributed by atoms with Crippen LogP contribution in [0.15, 0.2) is 52.1 Å². The van der Waals surface area contributed by atoms with Crippen LogP contribution in [0, 0.1) is 0 Å². The molecule has 3 aromatic rings. The number of halogens is 2. The van der Waals surface area contributed by atoms with Crippen molar-refractivity contribution < 1.29 is 4.79 Å². The Morgan fingerprint density at radius 1 is 1.10 bits per heavy atom. The minimum Gasteiger partial charge on any atom is -0.353 e. The highest BCUT2D eigenvalue weighted by Gasteiger charge is 2.21. The predicted octanol–water partition coefficient (Wildman–Crippen LogP) is 2.95. The van der Waals surface area contributed by atoms with Gasteiger partial charge in [-0.1, -0.05) is 27.5 Å². The highest BCUT2D eigenvalue weighted by Crippen LogP contribution is 2.17. The molecule has 3 heterocycles. The topological polar surface area (TPSA) is 71.3 Å². The minimum absolute atomic E-state index is 0.0370. The largest absolute Gasteiger partial charge is 0.353 e. The summed E-state index contributed by atoms with van der Waals surface area (Å²) in [7, 11) is 0. The van der Waals surface area contributed by atoms with Crippen LogP contribution >= 0.6 is 27.5 Å². The number of hydrogen-bond acceptors (Lipinski definition) is 5. The highest BCUT2D eigenvalue weighted by molar-refractivity contribution is 9.10. The molecule has 4 rings (SSSR count). The van der Waals surface area contributed by atoms with Gasteiger partial charge in [-0.05, 0) is 30.3 Å². The van der Waals surface area contributed by atoms with E-state index in [9.17, 15) is 9.59 Å². The van der Waals surface area contributed by atoms with Crippen LogP contribution < -0.4 is 10.5 Å². The van der Waals surface area contributed by atoms with Gasteiger partial charge >= 0.3 is 0 Å². The van der Waals surface area contributed by atoms with Crippen LogP contribution in [-0.4, -0.2) is 51.5 Å². The van der Waals surface area contributed by atoms with Crippen molar-refractivity contribution in [1.29, 1.82) is 0 Å². The Morgan fingerprint density at radius 3 is 2.62 bits per heavy atom. The van der Waals surface area contributed by atoms with Crippen LogP contribution in [0.4, 0.5) is 5.82 Å². The lowest BCUT2D eigenvalue weighted by atomic mass is 10.2. The zero-order chi connectivity index (χ0) is 20.4. The monoisotopic (exact) mass is 475 g/mol. The molecular weight excluding hydrogens is 458 g/mol. The second kappa shape index (κ2) is 8.51. The molecule has 9 heteroatoms. The molecule has 7 nitrogen and oxygen atoms in total. The molecule has 1 saturated heterocycles. The van der Waals surface area contributed by atoms with E-state index >= 15 is 0 Å². The summed E-state index contributed by atoms with van der Waals surface area (Å²) >= 11 is 9.27. The van der Waals surface area contributed by atoms with E-state index in [1.54, 1.807) is 18.3 Å². The third kappa shape index (κ3) is 4.43. The first-order valence-electron chi connectivity index (χ1n) is 9.30. The van der Waals surface area contributed by atoms with Gasteiger partial charge in [-0.3, -0.25) is 14.2 Å². The van der Waals surface area contributed by atoms with E-state index in [2.05, 4.69) is 30.8 Å². The molecule has 0 bridgehead atoms. The Morgan fingerprint density at radius 2 is 1.90 bits per heavy atom. The molecule has 1 aliphatic rings. The minimum atomic E-state index is -0.136. The van der Waals surface area contributed by atoms with Crippen molar-refractivity contribution in [1.82, 2.24) is 19.4 Å². The predicted molar refractivity (Wildman–Crippen MR) is 116 cm³/mol. The maximum absolute atomic E-state index is 12.6. The molecule has 0 saturated carbocycles. The summed E-state index contributed by atoms with van der Waals surface area (Å²) in [6.07, 6.45) is 3.40. The molecule has 0 radical (unpaired) electrons. The first kappa shape index (κ1) is 19.8. The number of fused-ring (bicyclic) bond motifs is 1. The lowest BCUT2D eigenvalue weighted by Gasteiger charge is -2.35. The summed E-state index contributed by atoms with van der Waals surface area (Å²) in [5.74, 6) is 0.899. The fraction of sp³-hybridized carbons (Fsp3) is 0.300. The molecule has 29 heavy (non-hydrogen) atoms. The molecule has 2 aromatic heterocycles. The Balaban J connectivity index is 1.36. The van der Waals surface area contributed by atoms with Gasteiger partial charge in [0, 0.05) is 49.8 Å². The fourth-order valence-corrected chi connectivity index (χ4v) is 3.88. The van der Waals surface area contributed by atoms with Gasteiger partial charge in [0.25, 0.3) is 5.56 Å². The smallest absolute Gasteiger partial charge is 0.261 e. The molecule has 1 aliphatic heterocycles. The first-order valence-corrected chi connectivity index (χ1v) is 10.5. The van der Waals surface area contributed by atoms with E-state index in [4.69, 9.17) is 11.6 Å². The van der Waals surface area contributed by atoms with Crippen molar-refractivity contribution in [3.05, 3.63) is 62.7 Å². The third-order valence-corrected chi connectivity index (χ3v) is 5.74. The van der Waals surface area contributed by atoms with E-state index < -0.39 is 0 Å². The molecule has 1 amide bonds. The average molecular weight is 477 g/mol. The third-order valence-electron chi connectivity index (χ3n) is 5.02. The van der Waals surface area contributed by atoms with Crippen molar-refractivity contribution in [2.24, 2.45) is 0 Å². The molecule has 150 valence electrons. The quantitative estimate of drug-likeness (QED) is 0.579. The van der Waals surface area contributed by atoms with Crippen LogP contribution in [0.1, 0.15) is 6.42 Å². The number of hydrogen-bond donors (Lipinski definition) is 0. The number of carbonyl (C=O) groups is 1. The summed E-state index contributed by atoms with van der Waals surface area (Å²) in [5.41, 5.74) is 0.510. The summed E-state index contributed by atoms with van der Waals surface area (Å²) in [6.45, 7) is 2.99. The number of aromatic nitrogens is 3. The molecule has 0 atom stereocenters. The Kier molecular flexibility index (Phi) is 5.82. The van der Waals surface area contributed by atoms with E-state index in [1.807, 2.05) is 23.1 Å². The van der Waals surface area contributed by atoms with Crippen molar-refractivity contribution in [2.75, 3.05) is 31.1 Å². The van der Waals surface area contributed by atoms with Gasteiger partial charge in [-0.2, -0.15) is 0 Å². The molecule has 0 spiro atoms. The Bertz CT molecular complexity index is 1090. The van der Waals surface area contributed by atoms with E-state index in [1.165, 1.54) is 10.9 Å². The maximum Gasteiger partial charge on any atom is 0.261 e. The highest BCUT2D eigenvalue weighted by atomic mass is 79.9. The second-order valence-corrected chi connectivity index (χ2v) is 8.21. The van der Waals surface area contributed by atoms with Gasteiger partial charge in [0.1, 0.15) is 5.82 Å². The van der Waals surface area contributed by atoms with E-state index in [-0.39, 0.29) is 17.9 Å². The summed E-state index contributed by atoms with van der Waals surface area (Å²) < 4.78 is 2.33. The number of pyridine rings is 1. The molecule has 0 unspecified atom stereocenters. The number of amides is 1. The van der Waals surface area contributed by atoms with Crippen LogP contribution in [0.2, 0.25) is 5.02 Å². The molecular formula is C20H19BrClN5O2. The summed E-state index contributed by atoms with van der Waals surface area (Å²) in [5, 5.41) is 1.15. The number of nitrogens with zero attached hydrogens (tertiary/aromatic N) is 5. The maximum atomic E-state index is 12.6. The van der Waals surface area contributed by atoms with Crippen LogP contribution in [-0.2, 0) is 11.3 Å². The second-order valence-electron chi connectivity index (χ2n) is 6.86. The van der Waals surface area contributed by atoms with Gasteiger partial charge in [0.05, 0.1) is 22.3 Å². The average Bonchev–Trinajstić information content (AvgIpc) is 2.74. The van der Waals surface area contributed by atoms with Crippen molar-refractivity contribution in [3.63, 3.8) is 0 Å². The number of piperazine rings is 1. The first-order chi connectivity index (χ1) is 14.0. The van der Waals surface area contributed by atoms with Crippen molar-refractivity contribution >= 4 is 50.2 Å². The SMILES string of the molecule is O=C(CCn1cnc2ccc(Br)cc2c1=O)N1CCN(c2ccc(Cl)cn2)CC1. The van der Waals surface area contributed by atoms with Gasteiger partial charge in [0.15, 0.2) is 0 Å². The van der Waals surface area contributed by atoms with E-state index in [0.29, 0.717) is 48.6 Å². The van der Waals surface area contributed by atoms with Gasteiger partial charge < -0.3 is 9.80 Å². The van der Waals surface area contributed by atoms with Crippen molar-refractivity contribution in [2.45, 2.75) is 13.0 Å². The molecule has 1 aromatic carbocycles. The number of benzene rings is 1. The van der Waals surface area contributed by atoms with Crippen molar-refractivity contribution in [3.8, 4) is 0 Å². The van der Waals surface area contributed by atoms with Crippen LogP contribution in [0.3, 0.4) is 0 Å².